The number of hydrogen-bond donors (Lipinski definition) is 1. The number of aromatic nitrogens is 1. The zero-order chi connectivity index (χ0) is 16.8. The molecule has 0 bridgehead atoms. The van der Waals surface area contributed by atoms with Crippen LogP contribution >= 0.6 is 15.9 Å². The minimum Gasteiger partial charge on any atom is -0.496 e. The monoisotopic (exact) mass is 385 g/mol. The van der Waals surface area contributed by atoms with E-state index in [4.69, 9.17) is 4.74 Å². The Bertz CT molecular complexity index is 928. The summed E-state index contributed by atoms with van der Waals surface area (Å²) in [7, 11) is 1.57. The second kappa shape index (κ2) is 5.76. The highest BCUT2D eigenvalue weighted by molar-refractivity contribution is 9.10. The van der Waals surface area contributed by atoms with Crippen LogP contribution in [0.15, 0.2) is 47.2 Å². The molecule has 122 valence electrons. The lowest BCUT2D eigenvalue weighted by Crippen LogP contribution is -2.13. The van der Waals surface area contributed by atoms with Crippen molar-refractivity contribution < 1.29 is 14.6 Å². The molecule has 2 aromatic carbocycles. The summed E-state index contributed by atoms with van der Waals surface area (Å²) in [5.74, 6) is 0.417. The molecule has 4 rings (SSSR count). The van der Waals surface area contributed by atoms with Crippen molar-refractivity contribution >= 4 is 32.6 Å². The number of carbonyl (C=O) groups excluding carboxylic acids is 1. The fourth-order valence-electron chi connectivity index (χ4n) is 3.46. The molecular formula is C19H16BrNO3. The molecular weight excluding hydrogens is 370 g/mol. The fourth-order valence-corrected chi connectivity index (χ4v) is 4.20. The van der Waals surface area contributed by atoms with Gasteiger partial charge in [0, 0.05) is 28.0 Å². The second-order valence-electron chi connectivity index (χ2n) is 5.99. The van der Waals surface area contributed by atoms with Crippen LogP contribution in [-0.4, -0.2) is 22.7 Å². The van der Waals surface area contributed by atoms with Crippen molar-refractivity contribution in [1.82, 2.24) is 4.57 Å². The Hall–Kier alpha value is -2.11. The van der Waals surface area contributed by atoms with E-state index in [0.717, 1.165) is 26.4 Å². The molecule has 24 heavy (non-hydrogen) atoms. The predicted octanol–water partition coefficient (Wildman–Crippen LogP) is 4.08. The van der Waals surface area contributed by atoms with Crippen LogP contribution in [0.1, 0.15) is 34.0 Å². The highest BCUT2D eigenvalue weighted by Gasteiger charge is 2.30. The maximum atomic E-state index is 13.0. The summed E-state index contributed by atoms with van der Waals surface area (Å²) in [4.78, 5) is 13.0. The summed E-state index contributed by atoms with van der Waals surface area (Å²) in [5.41, 5.74) is 2.25. The lowest BCUT2D eigenvalue weighted by molar-refractivity contribution is 0.0957. The number of aliphatic hydroxyl groups excluding tert-OH is 1. The third-order valence-electron chi connectivity index (χ3n) is 4.59. The van der Waals surface area contributed by atoms with E-state index in [0.29, 0.717) is 24.2 Å². The Labute approximate surface area is 147 Å². The smallest absolute Gasteiger partial charge is 0.265 e. The maximum absolute atomic E-state index is 13.0. The number of benzene rings is 2. The van der Waals surface area contributed by atoms with E-state index in [-0.39, 0.29) is 5.91 Å². The minimum atomic E-state index is -0.512. The van der Waals surface area contributed by atoms with Gasteiger partial charge >= 0.3 is 0 Å². The normalized spacial score (nSPS) is 16.4. The Morgan fingerprint density at radius 2 is 1.96 bits per heavy atom. The van der Waals surface area contributed by atoms with E-state index >= 15 is 0 Å². The van der Waals surface area contributed by atoms with Gasteiger partial charge in [0.2, 0.25) is 0 Å². The first-order chi connectivity index (χ1) is 11.6. The van der Waals surface area contributed by atoms with E-state index in [9.17, 15) is 9.90 Å². The minimum absolute atomic E-state index is 0.145. The number of ether oxygens (including phenoxy) is 1. The van der Waals surface area contributed by atoms with Gasteiger partial charge in [-0.05, 0) is 29.7 Å². The molecule has 0 aliphatic heterocycles. The van der Waals surface area contributed by atoms with Crippen molar-refractivity contribution in [2.24, 2.45) is 0 Å². The molecule has 4 nitrogen and oxygen atoms in total. The Kier molecular flexibility index (Phi) is 3.70. The first-order valence-corrected chi connectivity index (χ1v) is 8.58. The molecule has 1 heterocycles. The highest BCUT2D eigenvalue weighted by Crippen LogP contribution is 2.43. The van der Waals surface area contributed by atoms with Gasteiger partial charge in [-0.15, -0.1) is 0 Å². The maximum Gasteiger partial charge on any atom is 0.265 e. The number of aliphatic hydroxyl groups is 1. The third-order valence-corrected chi connectivity index (χ3v) is 5.25. The van der Waals surface area contributed by atoms with E-state index in [1.54, 1.807) is 17.7 Å². The van der Waals surface area contributed by atoms with Gasteiger partial charge < -0.3 is 9.84 Å². The average molecular weight is 386 g/mol. The molecule has 0 saturated heterocycles. The Balaban J connectivity index is 1.87. The van der Waals surface area contributed by atoms with Crippen LogP contribution in [0, 0.1) is 0 Å². The molecule has 0 fully saturated rings. The van der Waals surface area contributed by atoms with Gasteiger partial charge in [-0.1, -0.05) is 40.2 Å². The van der Waals surface area contributed by atoms with Gasteiger partial charge in [-0.2, -0.15) is 0 Å². The van der Waals surface area contributed by atoms with Crippen molar-refractivity contribution in [2.75, 3.05) is 7.11 Å². The number of rotatable bonds is 2. The van der Waals surface area contributed by atoms with E-state index < -0.39 is 6.10 Å². The summed E-state index contributed by atoms with van der Waals surface area (Å²) in [5, 5.41) is 12.2. The Morgan fingerprint density at radius 3 is 2.58 bits per heavy atom. The first kappa shape index (κ1) is 15.4. The predicted molar refractivity (Wildman–Crippen MR) is 95.6 cm³/mol. The quantitative estimate of drug-likeness (QED) is 0.722. The highest BCUT2D eigenvalue weighted by atomic mass is 79.9. The summed E-state index contributed by atoms with van der Waals surface area (Å²) in [6.07, 6.45) is 4.49. The summed E-state index contributed by atoms with van der Waals surface area (Å²) < 4.78 is 7.89. The topological polar surface area (TPSA) is 51.5 Å². The Morgan fingerprint density at radius 1 is 1.29 bits per heavy atom. The SMILES string of the molecule is COc1c(C(=O)n2cc3ccccc3c2)cc(Br)c2c1CCC2O. The molecule has 3 aromatic rings. The second-order valence-corrected chi connectivity index (χ2v) is 6.84. The van der Waals surface area contributed by atoms with Gasteiger partial charge in [0.05, 0.1) is 18.8 Å². The van der Waals surface area contributed by atoms with Crippen LogP contribution in [0.25, 0.3) is 10.8 Å². The van der Waals surface area contributed by atoms with E-state index in [1.165, 1.54) is 0 Å². The number of carbonyl (C=O) groups is 1. The molecule has 0 radical (unpaired) electrons. The zero-order valence-corrected chi connectivity index (χ0v) is 14.7. The van der Waals surface area contributed by atoms with Crippen LogP contribution in [-0.2, 0) is 6.42 Å². The molecule has 1 unspecified atom stereocenters. The van der Waals surface area contributed by atoms with Crippen molar-refractivity contribution in [3.8, 4) is 5.75 Å². The number of fused-ring (bicyclic) bond motifs is 2. The van der Waals surface area contributed by atoms with Crippen LogP contribution in [0.2, 0.25) is 0 Å². The summed E-state index contributed by atoms with van der Waals surface area (Å²) in [6.45, 7) is 0. The largest absolute Gasteiger partial charge is 0.496 e. The zero-order valence-electron chi connectivity index (χ0n) is 13.1. The molecule has 1 aliphatic carbocycles. The number of methoxy groups -OCH3 is 1. The summed E-state index contributed by atoms with van der Waals surface area (Å²) >= 11 is 3.50. The third kappa shape index (κ3) is 2.27. The van der Waals surface area contributed by atoms with Gasteiger partial charge in [0.25, 0.3) is 5.91 Å². The van der Waals surface area contributed by atoms with Crippen molar-refractivity contribution in [2.45, 2.75) is 18.9 Å². The summed E-state index contributed by atoms with van der Waals surface area (Å²) in [6, 6.07) is 9.60. The van der Waals surface area contributed by atoms with Crippen LogP contribution in [0.5, 0.6) is 5.75 Å². The van der Waals surface area contributed by atoms with Gasteiger partial charge in [0.1, 0.15) is 5.75 Å². The van der Waals surface area contributed by atoms with Crippen LogP contribution in [0.3, 0.4) is 0 Å². The van der Waals surface area contributed by atoms with Crippen molar-refractivity contribution in [3.05, 3.63) is 63.9 Å². The van der Waals surface area contributed by atoms with Crippen molar-refractivity contribution in [3.63, 3.8) is 0 Å². The number of halogens is 1. The molecule has 1 atom stereocenters. The molecule has 0 amide bonds. The first-order valence-electron chi connectivity index (χ1n) is 7.79. The van der Waals surface area contributed by atoms with Gasteiger partial charge in [-0.25, -0.2) is 0 Å². The van der Waals surface area contributed by atoms with Gasteiger partial charge in [-0.3, -0.25) is 9.36 Å². The average Bonchev–Trinajstić information content (AvgIpc) is 3.18. The molecule has 1 aliphatic rings. The van der Waals surface area contributed by atoms with Crippen LogP contribution < -0.4 is 4.74 Å². The fraction of sp³-hybridized carbons (Fsp3) is 0.211. The van der Waals surface area contributed by atoms with Crippen molar-refractivity contribution in [1.29, 1.82) is 0 Å². The number of hydrogen-bond acceptors (Lipinski definition) is 3. The standard InChI is InChI=1S/C19H16BrNO3/c1-24-18-13-6-7-16(22)17(13)15(20)8-14(18)19(23)21-9-11-4-2-3-5-12(11)10-21/h2-5,8-10,16,22H,6-7H2,1H3. The molecule has 5 heteroatoms. The molecule has 0 saturated carbocycles. The van der Waals surface area contributed by atoms with Crippen LogP contribution in [0.4, 0.5) is 0 Å². The lowest BCUT2D eigenvalue weighted by atomic mass is 10.0. The number of nitrogens with zero attached hydrogens (tertiary/aromatic N) is 1. The van der Waals surface area contributed by atoms with E-state index in [1.807, 2.05) is 36.7 Å². The molecule has 1 N–H and O–H groups in total. The van der Waals surface area contributed by atoms with E-state index in [2.05, 4.69) is 15.9 Å². The molecule has 1 aromatic heterocycles. The molecule has 0 spiro atoms. The van der Waals surface area contributed by atoms with Gasteiger partial charge in [0.15, 0.2) is 0 Å². The lowest BCUT2D eigenvalue weighted by Gasteiger charge is -2.15.